The molecular formula is C7H10F3N. The maximum atomic E-state index is 11.8. The van der Waals surface area contributed by atoms with E-state index in [4.69, 9.17) is 5.73 Å². The van der Waals surface area contributed by atoms with E-state index in [-0.39, 0.29) is 0 Å². The van der Waals surface area contributed by atoms with Crippen LogP contribution in [0.15, 0.2) is 23.4 Å². The monoisotopic (exact) mass is 165 g/mol. The topological polar surface area (TPSA) is 26.0 Å². The van der Waals surface area contributed by atoms with Crippen molar-refractivity contribution in [1.29, 1.82) is 0 Å². The van der Waals surface area contributed by atoms with Gasteiger partial charge in [-0.15, -0.1) is 0 Å². The van der Waals surface area contributed by atoms with Crippen LogP contribution in [0.3, 0.4) is 0 Å². The average Bonchev–Trinajstić information content (AvgIpc) is 1.80. The summed E-state index contributed by atoms with van der Waals surface area (Å²) < 4.78 is 35.3. The van der Waals surface area contributed by atoms with Crippen LogP contribution in [0.2, 0.25) is 0 Å². The summed E-state index contributed by atoms with van der Waals surface area (Å²) in [7, 11) is 0. The van der Waals surface area contributed by atoms with Crippen LogP contribution in [0.5, 0.6) is 0 Å². The van der Waals surface area contributed by atoms with Crippen molar-refractivity contribution in [2.24, 2.45) is 5.73 Å². The van der Waals surface area contributed by atoms with Crippen LogP contribution in [-0.4, -0.2) is 6.18 Å². The molecular weight excluding hydrogens is 155 g/mol. The van der Waals surface area contributed by atoms with E-state index in [2.05, 4.69) is 0 Å². The number of allylic oxidation sites excluding steroid dienone is 4. The largest absolute Gasteiger partial charge is 0.412 e. The third-order valence-corrected chi connectivity index (χ3v) is 1.04. The fourth-order valence-electron chi connectivity index (χ4n) is 0.351. The molecule has 0 radical (unpaired) electrons. The molecule has 0 spiro atoms. The molecule has 0 atom stereocenters. The van der Waals surface area contributed by atoms with Gasteiger partial charge in [-0.25, -0.2) is 0 Å². The summed E-state index contributed by atoms with van der Waals surface area (Å²) in [6.45, 7) is 2.53. The first kappa shape index (κ1) is 10.1. The van der Waals surface area contributed by atoms with Crippen molar-refractivity contribution in [3.8, 4) is 0 Å². The molecule has 2 N–H and O–H groups in total. The minimum Gasteiger partial charge on any atom is -0.402 e. The van der Waals surface area contributed by atoms with E-state index in [9.17, 15) is 13.2 Å². The van der Waals surface area contributed by atoms with E-state index in [1.165, 1.54) is 13.0 Å². The molecule has 1 nitrogen and oxygen atoms in total. The molecule has 0 aromatic carbocycles. The van der Waals surface area contributed by atoms with Gasteiger partial charge in [-0.3, -0.25) is 0 Å². The number of alkyl halides is 3. The van der Waals surface area contributed by atoms with Crippen molar-refractivity contribution in [3.05, 3.63) is 23.4 Å². The van der Waals surface area contributed by atoms with Crippen molar-refractivity contribution in [2.45, 2.75) is 20.0 Å². The smallest absolute Gasteiger partial charge is 0.402 e. The lowest BCUT2D eigenvalue weighted by molar-refractivity contribution is -0.0912. The molecule has 0 aliphatic rings. The number of nitrogens with two attached hydrogens (primary N) is 1. The molecule has 0 saturated heterocycles. The van der Waals surface area contributed by atoms with E-state index in [0.717, 1.165) is 13.0 Å². The molecule has 0 aliphatic carbocycles. The highest BCUT2D eigenvalue weighted by Crippen LogP contribution is 2.24. The predicted octanol–water partition coefficient (Wildman–Crippen LogP) is 2.36. The van der Waals surface area contributed by atoms with Crippen molar-refractivity contribution >= 4 is 0 Å². The standard InChI is InChI=1S/C7H10F3N/c1-5(7(8,9)10)3-4-6(2)11/h3-4H,11H2,1-2H3/b5-3+,6-4+. The Hall–Kier alpha value is -0.930. The molecule has 0 amide bonds. The van der Waals surface area contributed by atoms with Crippen LogP contribution in [0.4, 0.5) is 13.2 Å². The Labute approximate surface area is 63.4 Å². The molecule has 4 heteroatoms. The second kappa shape index (κ2) is 3.46. The number of hydrogen-bond donors (Lipinski definition) is 1. The lowest BCUT2D eigenvalue weighted by Gasteiger charge is -2.04. The third-order valence-electron chi connectivity index (χ3n) is 1.04. The quantitative estimate of drug-likeness (QED) is 0.593. The number of rotatable bonds is 1. The molecule has 0 unspecified atom stereocenters. The maximum absolute atomic E-state index is 11.8. The normalized spacial score (nSPS) is 15.4. The summed E-state index contributed by atoms with van der Waals surface area (Å²) in [5, 5.41) is 0. The van der Waals surface area contributed by atoms with E-state index in [1.54, 1.807) is 0 Å². The first-order valence-corrected chi connectivity index (χ1v) is 3.02. The Kier molecular flexibility index (Phi) is 3.17. The SMILES string of the molecule is C/C(N)=C\C=C(/C)C(F)(F)F. The minimum absolute atomic E-state index is 0.355. The molecule has 0 heterocycles. The maximum Gasteiger partial charge on any atom is 0.412 e. The minimum atomic E-state index is -4.24. The lowest BCUT2D eigenvalue weighted by atomic mass is 10.2. The summed E-state index contributed by atoms with van der Waals surface area (Å²) in [6.07, 6.45) is -2.07. The van der Waals surface area contributed by atoms with Crippen molar-refractivity contribution in [2.75, 3.05) is 0 Å². The zero-order valence-corrected chi connectivity index (χ0v) is 6.37. The highest BCUT2D eigenvalue weighted by atomic mass is 19.4. The van der Waals surface area contributed by atoms with Crippen LogP contribution in [0.25, 0.3) is 0 Å². The highest BCUT2D eigenvalue weighted by Gasteiger charge is 2.29. The summed E-state index contributed by atoms with van der Waals surface area (Å²) in [4.78, 5) is 0. The highest BCUT2D eigenvalue weighted by molar-refractivity contribution is 5.16. The van der Waals surface area contributed by atoms with E-state index >= 15 is 0 Å². The second-order valence-corrected chi connectivity index (χ2v) is 2.26. The predicted molar refractivity (Wildman–Crippen MR) is 37.8 cm³/mol. The van der Waals surface area contributed by atoms with E-state index in [0.29, 0.717) is 5.70 Å². The lowest BCUT2D eigenvalue weighted by Crippen LogP contribution is -2.08. The van der Waals surface area contributed by atoms with Crippen molar-refractivity contribution < 1.29 is 13.2 Å². The Balaban J connectivity index is 4.36. The Bertz CT molecular complexity index is 184. The third kappa shape index (κ3) is 4.47. The number of halogens is 3. The molecule has 0 bridgehead atoms. The van der Waals surface area contributed by atoms with Gasteiger partial charge in [0.1, 0.15) is 0 Å². The van der Waals surface area contributed by atoms with Gasteiger partial charge in [0.2, 0.25) is 0 Å². The van der Waals surface area contributed by atoms with Gasteiger partial charge >= 0.3 is 6.18 Å². The molecule has 0 aliphatic heterocycles. The van der Waals surface area contributed by atoms with Crippen LogP contribution in [0, 0.1) is 0 Å². The first-order valence-electron chi connectivity index (χ1n) is 3.02. The van der Waals surface area contributed by atoms with Crippen LogP contribution in [-0.2, 0) is 0 Å². The molecule has 0 aromatic rings. The van der Waals surface area contributed by atoms with Gasteiger partial charge < -0.3 is 5.73 Å². The summed E-state index contributed by atoms with van der Waals surface area (Å²) in [5.74, 6) is 0. The van der Waals surface area contributed by atoms with Crippen molar-refractivity contribution in [1.82, 2.24) is 0 Å². The van der Waals surface area contributed by atoms with Crippen molar-refractivity contribution in [3.63, 3.8) is 0 Å². The van der Waals surface area contributed by atoms with Crippen LogP contribution in [0.1, 0.15) is 13.8 Å². The Morgan fingerprint density at radius 3 is 1.91 bits per heavy atom. The zero-order chi connectivity index (χ0) is 9.07. The molecule has 0 saturated carbocycles. The summed E-state index contributed by atoms with van der Waals surface area (Å²) in [5.41, 5.74) is 4.84. The van der Waals surface area contributed by atoms with Gasteiger partial charge in [0.15, 0.2) is 0 Å². The van der Waals surface area contributed by atoms with Crippen LogP contribution >= 0.6 is 0 Å². The van der Waals surface area contributed by atoms with Crippen LogP contribution < -0.4 is 5.73 Å². The summed E-state index contributed by atoms with van der Waals surface area (Å²) in [6, 6.07) is 0. The van der Waals surface area contributed by atoms with E-state index in [1.807, 2.05) is 0 Å². The molecule has 64 valence electrons. The van der Waals surface area contributed by atoms with Gasteiger partial charge in [-0.2, -0.15) is 13.2 Å². The second-order valence-electron chi connectivity index (χ2n) is 2.26. The van der Waals surface area contributed by atoms with Gasteiger partial charge in [0.25, 0.3) is 0 Å². The van der Waals surface area contributed by atoms with Gasteiger partial charge in [-0.1, -0.05) is 6.08 Å². The summed E-state index contributed by atoms with van der Waals surface area (Å²) >= 11 is 0. The van der Waals surface area contributed by atoms with Gasteiger partial charge in [0, 0.05) is 11.3 Å². The fourth-order valence-corrected chi connectivity index (χ4v) is 0.351. The zero-order valence-electron chi connectivity index (χ0n) is 6.37. The first-order chi connectivity index (χ1) is 4.84. The fraction of sp³-hybridized carbons (Fsp3) is 0.429. The molecule has 0 aromatic heterocycles. The van der Waals surface area contributed by atoms with Gasteiger partial charge in [-0.05, 0) is 19.9 Å². The van der Waals surface area contributed by atoms with E-state index < -0.39 is 11.7 Å². The van der Waals surface area contributed by atoms with Gasteiger partial charge in [0.05, 0.1) is 0 Å². The number of hydrogen-bond acceptors (Lipinski definition) is 1. The average molecular weight is 165 g/mol. The Morgan fingerprint density at radius 2 is 1.64 bits per heavy atom. The molecule has 11 heavy (non-hydrogen) atoms. The molecule has 0 fully saturated rings. The molecule has 0 rings (SSSR count). The Morgan fingerprint density at radius 1 is 1.18 bits per heavy atom.